The fourth-order valence-corrected chi connectivity index (χ4v) is 3.24. The van der Waals surface area contributed by atoms with Crippen molar-refractivity contribution in [2.24, 2.45) is 0 Å². The van der Waals surface area contributed by atoms with Gasteiger partial charge in [-0.05, 0) is 37.8 Å². The second-order valence-electron chi connectivity index (χ2n) is 6.48. The molecule has 134 valence electrons. The van der Waals surface area contributed by atoms with Crippen molar-refractivity contribution in [2.45, 2.75) is 52.4 Å². The van der Waals surface area contributed by atoms with Crippen LogP contribution in [0.1, 0.15) is 52.4 Å². The number of hydrogen-bond acceptors (Lipinski definition) is 4. The lowest BCUT2D eigenvalue weighted by Crippen LogP contribution is -2.32. The van der Waals surface area contributed by atoms with Crippen molar-refractivity contribution in [1.29, 1.82) is 0 Å². The maximum Gasteiger partial charge on any atom is 0.410 e. The molecule has 0 atom stereocenters. The lowest BCUT2D eigenvalue weighted by atomic mass is 10.1. The predicted molar refractivity (Wildman–Crippen MR) is 94.7 cm³/mol. The molecule has 0 unspecified atom stereocenters. The van der Waals surface area contributed by atoms with Gasteiger partial charge in [0.1, 0.15) is 0 Å². The number of unbranched alkanes of at least 4 members (excludes halogenated alkanes) is 2. The summed E-state index contributed by atoms with van der Waals surface area (Å²) in [6.07, 6.45) is 9.49. The molecule has 0 radical (unpaired) electrons. The summed E-state index contributed by atoms with van der Waals surface area (Å²) in [5.41, 5.74) is 2.26. The Labute approximate surface area is 145 Å². The van der Waals surface area contributed by atoms with Gasteiger partial charge >= 0.3 is 6.09 Å². The number of hydrogen-bond donors (Lipinski definition) is 0. The minimum atomic E-state index is -0.271. The summed E-state index contributed by atoms with van der Waals surface area (Å²) in [6, 6.07) is 0. The Morgan fingerprint density at radius 3 is 2.54 bits per heavy atom. The van der Waals surface area contributed by atoms with E-state index >= 15 is 0 Å². The lowest BCUT2D eigenvalue weighted by Gasteiger charge is -2.21. The van der Waals surface area contributed by atoms with Gasteiger partial charge in [-0.25, -0.2) is 4.79 Å². The summed E-state index contributed by atoms with van der Waals surface area (Å²) in [7, 11) is 0. The van der Waals surface area contributed by atoms with Crippen molar-refractivity contribution in [3.05, 3.63) is 23.4 Å². The van der Waals surface area contributed by atoms with Gasteiger partial charge < -0.3 is 9.64 Å². The summed E-state index contributed by atoms with van der Waals surface area (Å²) >= 11 is 0. The SMILES string of the molecule is CCCCCC(=O)/C=C/C1=C(N2CCCC2)CN(C(=O)OCC)C1. The summed E-state index contributed by atoms with van der Waals surface area (Å²) in [6.45, 7) is 7.53. The van der Waals surface area contributed by atoms with Crippen LogP contribution in [0.5, 0.6) is 0 Å². The van der Waals surface area contributed by atoms with Crippen molar-refractivity contribution >= 4 is 11.9 Å². The van der Waals surface area contributed by atoms with E-state index in [4.69, 9.17) is 4.74 Å². The molecule has 5 nitrogen and oxygen atoms in total. The predicted octanol–water partition coefficient (Wildman–Crippen LogP) is 3.51. The zero-order chi connectivity index (χ0) is 17.4. The van der Waals surface area contributed by atoms with Crippen LogP contribution in [-0.2, 0) is 9.53 Å². The van der Waals surface area contributed by atoms with Crippen LogP contribution >= 0.6 is 0 Å². The molecule has 0 aliphatic carbocycles. The average Bonchev–Trinajstić information content (AvgIpc) is 3.22. The second kappa shape index (κ2) is 9.50. The number of rotatable bonds is 8. The molecule has 0 aromatic rings. The van der Waals surface area contributed by atoms with E-state index in [9.17, 15) is 9.59 Å². The van der Waals surface area contributed by atoms with Crippen LogP contribution in [0.2, 0.25) is 0 Å². The minimum absolute atomic E-state index is 0.173. The number of ketones is 1. The van der Waals surface area contributed by atoms with E-state index in [0.29, 0.717) is 26.1 Å². The number of carbonyl (C=O) groups is 2. The number of ether oxygens (including phenoxy) is 1. The zero-order valence-corrected chi connectivity index (χ0v) is 15.1. The first kappa shape index (κ1) is 18.6. The van der Waals surface area contributed by atoms with Crippen LogP contribution in [0, 0.1) is 0 Å². The molecule has 2 rings (SSSR count). The highest BCUT2D eigenvalue weighted by Crippen LogP contribution is 2.26. The molecule has 1 saturated heterocycles. The Bertz CT molecular complexity index is 505. The summed E-state index contributed by atoms with van der Waals surface area (Å²) in [4.78, 5) is 28.1. The van der Waals surface area contributed by atoms with Gasteiger partial charge in [0, 0.05) is 25.2 Å². The zero-order valence-electron chi connectivity index (χ0n) is 15.1. The molecule has 1 fully saturated rings. The molecule has 24 heavy (non-hydrogen) atoms. The number of allylic oxidation sites excluding steroid dienone is 1. The van der Waals surface area contributed by atoms with Gasteiger partial charge in [0.25, 0.3) is 0 Å². The van der Waals surface area contributed by atoms with Crippen LogP contribution in [0.3, 0.4) is 0 Å². The fraction of sp³-hybridized carbons (Fsp3) is 0.684. The quantitative estimate of drug-likeness (QED) is 0.503. The van der Waals surface area contributed by atoms with Crippen molar-refractivity contribution < 1.29 is 14.3 Å². The standard InChI is InChI=1S/C19H30N2O3/c1-3-5-6-9-17(22)11-10-16-14-21(19(23)24-4-2)15-18(16)20-12-7-8-13-20/h10-11H,3-9,12-15H2,1-2H3/b11-10+. The van der Waals surface area contributed by atoms with Crippen LogP contribution in [-0.4, -0.2) is 54.5 Å². The van der Waals surface area contributed by atoms with Gasteiger partial charge in [-0.1, -0.05) is 25.8 Å². The third-order valence-electron chi connectivity index (χ3n) is 4.58. The monoisotopic (exact) mass is 334 g/mol. The average molecular weight is 334 g/mol. The molecule has 0 aromatic carbocycles. The smallest absolute Gasteiger partial charge is 0.410 e. The Morgan fingerprint density at radius 2 is 1.88 bits per heavy atom. The van der Waals surface area contributed by atoms with Gasteiger partial charge in [-0.15, -0.1) is 0 Å². The first-order valence-corrected chi connectivity index (χ1v) is 9.25. The normalized spacial score (nSPS) is 18.1. The third kappa shape index (κ3) is 5.11. The third-order valence-corrected chi connectivity index (χ3v) is 4.58. The molecule has 2 aliphatic heterocycles. The molecular formula is C19H30N2O3. The van der Waals surface area contributed by atoms with Crippen molar-refractivity contribution in [3.8, 4) is 0 Å². The fourth-order valence-electron chi connectivity index (χ4n) is 3.24. The summed E-state index contributed by atoms with van der Waals surface area (Å²) in [5, 5.41) is 0. The number of nitrogens with zero attached hydrogens (tertiary/aromatic N) is 2. The molecule has 0 bridgehead atoms. The van der Waals surface area contributed by atoms with E-state index in [0.717, 1.165) is 37.9 Å². The molecule has 2 heterocycles. The highest BCUT2D eigenvalue weighted by atomic mass is 16.6. The number of amides is 1. The van der Waals surface area contributed by atoms with Gasteiger partial charge in [-0.2, -0.15) is 0 Å². The summed E-state index contributed by atoms with van der Waals surface area (Å²) in [5.74, 6) is 0.173. The van der Waals surface area contributed by atoms with E-state index < -0.39 is 0 Å². The van der Waals surface area contributed by atoms with Crippen molar-refractivity contribution in [3.63, 3.8) is 0 Å². The number of likely N-dealkylation sites (tertiary alicyclic amines) is 1. The van der Waals surface area contributed by atoms with Crippen molar-refractivity contribution in [1.82, 2.24) is 9.80 Å². The Hall–Kier alpha value is -1.78. The molecule has 2 aliphatic rings. The molecule has 0 saturated carbocycles. The van der Waals surface area contributed by atoms with Crippen LogP contribution < -0.4 is 0 Å². The molecule has 0 N–H and O–H groups in total. The van der Waals surface area contributed by atoms with Crippen molar-refractivity contribution in [2.75, 3.05) is 32.8 Å². The second-order valence-corrected chi connectivity index (χ2v) is 6.48. The molecule has 0 spiro atoms. The highest BCUT2D eigenvalue weighted by molar-refractivity contribution is 5.90. The first-order chi connectivity index (χ1) is 11.7. The largest absolute Gasteiger partial charge is 0.450 e. The molecule has 0 aromatic heterocycles. The van der Waals surface area contributed by atoms with E-state index in [1.165, 1.54) is 18.5 Å². The number of carbonyl (C=O) groups excluding carboxylic acids is 2. The molecule has 5 heteroatoms. The van der Waals surface area contributed by atoms with Crippen LogP contribution in [0.4, 0.5) is 4.79 Å². The Kier molecular flexibility index (Phi) is 7.35. The van der Waals surface area contributed by atoms with Gasteiger partial charge in [0.05, 0.1) is 19.7 Å². The van der Waals surface area contributed by atoms with E-state index in [2.05, 4.69) is 11.8 Å². The Morgan fingerprint density at radius 1 is 1.12 bits per heavy atom. The van der Waals surface area contributed by atoms with E-state index in [-0.39, 0.29) is 11.9 Å². The van der Waals surface area contributed by atoms with Crippen LogP contribution in [0.15, 0.2) is 23.4 Å². The highest BCUT2D eigenvalue weighted by Gasteiger charge is 2.29. The maximum atomic E-state index is 12.0. The van der Waals surface area contributed by atoms with Gasteiger partial charge in [-0.3, -0.25) is 9.69 Å². The first-order valence-electron chi connectivity index (χ1n) is 9.25. The summed E-state index contributed by atoms with van der Waals surface area (Å²) < 4.78 is 5.13. The molecular weight excluding hydrogens is 304 g/mol. The van der Waals surface area contributed by atoms with Crippen LogP contribution in [0.25, 0.3) is 0 Å². The van der Waals surface area contributed by atoms with Gasteiger partial charge in [0.15, 0.2) is 5.78 Å². The topological polar surface area (TPSA) is 49.9 Å². The van der Waals surface area contributed by atoms with Gasteiger partial charge in [0.2, 0.25) is 0 Å². The van der Waals surface area contributed by atoms with E-state index in [1.807, 2.05) is 13.0 Å². The van der Waals surface area contributed by atoms with E-state index in [1.54, 1.807) is 11.0 Å². The molecule has 1 amide bonds. The Balaban J connectivity index is 2.02. The lowest BCUT2D eigenvalue weighted by molar-refractivity contribution is -0.114. The maximum absolute atomic E-state index is 12.0. The minimum Gasteiger partial charge on any atom is -0.450 e.